The summed E-state index contributed by atoms with van der Waals surface area (Å²) in [5.41, 5.74) is 3.67. The van der Waals surface area contributed by atoms with Gasteiger partial charge in [-0.15, -0.1) is 0 Å². The summed E-state index contributed by atoms with van der Waals surface area (Å²) in [5.74, 6) is -0.388. The SMILES string of the molecule is Cc1ccc(NC(=S)NC(=O)/C=C/c2ccc([N+](=O)[O-])cc2)c(C)c1. The molecule has 2 aromatic rings. The summed E-state index contributed by atoms with van der Waals surface area (Å²) in [7, 11) is 0. The standard InChI is InChI=1S/C18H17N3O3S/c1-12-3-9-16(13(2)11-12)19-18(25)20-17(22)10-6-14-4-7-15(8-5-14)21(23)24/h3-11H,1-2H3,(H2,19,20,22,25)/b10-6+. The molecule has 6 nitrogen and oxygen atoms in total. The van der Waals surface area contributed by atoms with E-state index in [1.165, 1.54) is 18.2 Å². The van der Waals surface area contributed by atoms with E-state index in [1.54, 1.807) is 18.2 Å². The number of nitrogens with zero attached hydrogens (tertiary/aromatic N) is 1. The minimum absolute atomic E-state index is 0.000414. The number of aryl methyl sites for hydroxylation is 2. The number of non-ortho nitro benzene ring substituents is 1. The predicted octanol–water partition coefficient (Wildman–Crippen LogP) is 3.74. The second-order valence-corrected chi connectivity index (χ2v) is 5.85. The lowest BCUT2D eigenvalue weighted by molar-refractivity contribution is -0.384. The van der Waals surface area contributed by atoms with Crippen LogP contribution in [0.1, 0.15) is 16.7 Å². The Bertz CT molecular complexity index is 845. The number of nitro benzene ring substituents is 1. The first-order valence-electron chi connectivity index (χ1n) is 7.47. The Morgan fingerprint density at radius 2 is 1.84 bits per heavy atom. The maximum Gasteiger partial charge on any atom is 0.269 e. The zero-order valence-electron chi connectivity index (χ0n) is 13.8. The highest BCUT2D eigenvalue weighted by atomic mass is 32.1. The quantitative estimate of drug-likeness (QED) is 0.378. The molecule has 0 heterocycles. The van der Waals surface area contributed by atoms with E-state index in [0.717, 1.165) is 16.8 Å². The molecule has 0 saturated heterocycles. The summed E-state index contributed by atoms with van der Waals surface area (Å²) in [5, 5.41) is 16.3. The van der Waals surface area contributed by atoms with Crippen LogP contribution in [-0.2, 0) is 4.79 Å². The number of rotatable bonds is 4. The van der Waals surface area contributed by atoms with Crippen molar-refractivity contribution in [2.75, 3.05) is 5.32 Å². The van der Waals surface area contributed by atoms with Crippen LogP contribution >= 0.6 is 12.2 Å². The van der Waals surface area contributed by atoms with Crippen molar-refractivity contribution < 1.29 is 9.72 Å². The average molecular weight is 355 g/mol. The van der Waals surface area contributed by atoms with Crippen LogP contribution in [0.3, 0.4) is 0 Å². The number of nitro groups is 1. The van der Waals surface area contributed by atoms with Gasteiger partial charge in [-0.3, -0.25) is 20.2 Å². The van der Waals surface area contributed by atoms with E-state index in [9.17, 15) is 14.9 Å². The van der Waals surface area contributed by atoms with Gasteiger partial charge in [-0.05, 0) is 61.5 Å². The fraction of sp³-hybridized carbons (Fsp3) is 0.111. The highest BCUT2D eigenvalue weighted by Gasteiger charge is 2.05. The molecule has 128 valence electrons. The van der Waals surface area contributed by atoms with E-state index in [4.69, 9.17) is 12.2 Å². The van der Waals surface area contributed by atoms with Crippen molar-refractivity contribution in [2.24, 2.45) is 0 Å². The number of carbonyl (C=O) groups is 1. The Kier molecular flexibility index (Phi) is 5.97. The van der Waals surface area contributed by atoms with Crippen LogP contribution in [0, 0.1) is 24.0 Å². The van der Waals surface area contributed by atoms with Crippen LogP contribution in [0.15, 0.2) is 48.5 Å². The smallest absolute Gasteiger partial charge is 0.269 e. The highest BCUT2D eigenvalue weighted by Crippen LogP contribution is 2.16. The molecule has 0 aliphatic heterocycles. The van der Waals surface area contributed by atoms with Gasteiger partial charge in [0.15, 0.2) is 5.11 Å². The number of benzene rings is 2. The zero-order valence-corrected chi connectivity index (χ0v) is 14.6. The fourth-order valence-electron chi connectivity index (χ4n) is 2.14. The molecule has 0 radical (unpaired) electrons. The maximum absolute atomic E-state index is 11.9. The minimum atomic E-state index is -0.475. The molecule has 25 heavy (non-hydrogen) atoms. The van der Waals surface area contributed by atoms with Crippen molar-refractivity contribution >= 4 is 40.7 Å². The van der Waals surface area contributed by atoms with Crippen molar-refractivity contribution in [3.63, 3.8) is 0 Å². The number of hydrogen-bond donors (Lipinski definition) is 2. The lowest BCUT2D eigenvalue weighted by Crippen LogP contribution is -2.33. The van der Waals surface area contributed by atoms with Crippen molar-refractivity contribution in [2.45, 2.75) is 13.8 Å². The molecule has 0 aromatic heterocycles. The predicted molar refractivity (Wildman–Crippen MR) is 102 cm³/mol. The van der Waals surface area contributed by atoms with Gasteiger partial charge in [0.2, 0.25) is 5.91 Å². The molecule has 1 amide bonds. The largest absolute Gasteiger partial charge is 0.332 e. The van der Waals surface area contributed by atoms with E-state index >= 15 is 0 Å². The third kappa shape index (κ3) is 5.50. The second kappa shape index (κ2) is 8.16. The van der Waals surface area contributed by atoms with Crippen LogP contribution in [0.25, 0.3) is 6.08 Å². The lowest BCUT2D eigenvalue weighted by Gasteiger charge is -2.11. The number of thiocarbonyl (C=S) groups is 1. The van der Waals surface area contributed by atoms with Crippen LogP contribution in [0.5, 0.6) is 0 Å². The van der Waals surface area contributed by atoms with Crippen molar-refractivity contribution in [3.05, 3.63) is 75.3 Å². The molecule has 7 heteroatoms. The van der Waals surface area contributed by atoms with Gasteiger partial charge in [-0.2, -0.15) is 0 Å². The summed E-state index contributed by atoms with van der Waals surface area (Å²) in [4.78, 5) is 22.0. The Morgan fingerprint density at radius 3 is 2.44 bits per heavy atom. The molecular weight excluding hydrogens is 338 g/mol. The Labute approximate surface area is 150 Å². The Hall–Kier alpha value is -3.06. The average Bonchev–Trinajstić information content (AvgIpc) is 2.56. The number of hydrogen-bond acceptors (Lipinski definition) is 4. The van der Waals surface area contributed by atoms with E-state index in [-0.39, 0.29) is 16.7 Å². The molecule has 0 spiro atoms. The molecule has 0 unspecified atom stereocenters. The minimum Gasteiger partial charge on any atom is -0.332 e. The highest BCUT2D eigenvalue weighted by molar-refractivity contribution is 7.80. The lowest BCUT2D eigenvalue weighted by atomic mass is 10.1. The summed E-state index contributed by atoms with van der Waals surface area (Å²) < 4.78 is 0. The van der Waals surface area contributed by atoms with Crippen LogP contribution in [0.4, 0.5) is 11.4 Å². The zero-order chi connectivity index (χ0) is 18.4. The van der Waals surface area contributed by atoms with Gasteiger partial charge in [0.1, 0.15) is 0 Å². The maximum atomic E-state index is 11.9. The number of amides is 1. The monoisotopic (exact) mass is 355 g/mol. The number of nitrogens with one attached hydrogen (secondary N) is 2. The molecular formula is C18H17N3O3S. The van der Waals surface area contributed by atoms with Crippen LogP contribution in [-0.4, -0.2) is 15.9 Å². The summed E-state index contributed by atoms with van der Waals surface area (Å²) >= 11 is 5.13. The topological polar surface area (TPSA) is 84.3 Å². The van der Waals surface area contributed by atoms with Crippen LogP contribution < -0.4 is 10.6 Å². The van der Waals surface area contributed by atoms with Gasteiger partial charge in [0, 0.05) is 23.9 Å². The van der Waals surface area contributed by atoms with Gasteiger partial charge >= 0.3 is 0 Å². The van der Waals surface area contributed by atoms with Crippen LogP contribution in [0.2, 0.25) is 0 Å². The van der Waals surface area contributed by atoms with E-state index in [0.29, 0.717) is 5.56 Å². The molecule has 0 fully saturated rings. The van der Waals surface area contributed by atoms with Crippen molar-refractivity contribution in [1.29, 1.82) is 0 Å². The summed E-state index contributed by atoms with van der Waals surface area (Å²) in [6.07, 6.45) is 2.87. The molecule has 2 N–H and O–H groups in total. The van der Waals surface area contributed by atoms with Gasteiger partial charge in [-0.25, -0.2) is 0 Å². The third-order valence-electron chi connectivity index (χ3n) is 3.40. The molecule has 0 aliphatic carbocycles. The first-order valence-corrected chi connectivity index (χ1v) is 7.88. The van der Waals surface area contributed by atoms with Gasteiger partial charge in [0.05, 0.1) is 4.92 Å². The van der Waals surface area contributed by atoms with Gasteiger partial charge in [-0.1, -0.05) is 17.7 Å². The molecule has 2 rings (SSSR count). The van der Waals surface area contributed by atoms with Crippen molar-refractivity contribution in [3.8, 4) is 0 Å². The van der Waals surface area contributed by atoms with E-state index in [2.05, 4.69) is 10.6 Å². The van der Waals surface area contributed by atoms with Gasteiger partial charge in [0.25, 0.3) is 5.69 Å². The molecule has 2 aromatic carbocycles. The van der Waals surface area contributed by atoms with Crippen molar-refractivity contribution in [1.82, 2.24) is 5.32 Å². The third-order valence-corrected chi connectivity index (χ3v) is 3.60. The first kappa shape index (κ1) is 18.3. The Balaban J connectivity index is 1.92. The number of anilines is 1. The molecule has 0 bridgehead atoms. The Morgan fingerprint density at radius 1 is 1.16 bits per heavy atom. The first-order chi connectivity index (χ1) is 11.8. The molecule has 0 atom stereocenters. The summed E-state index contributed by atoms with van der Waals surface area (Å²) in [6, 6.07) is 11.8. The van der Waals surface area contributed by atoms with E-state index in [1.807, 2.05) is 32.0 Å². The number of carbonyl (C=O) groups excluding carboxylic acids is 1. The fourth-order valence-corrected chi connectivity index (χ4v) is 2.35. The normalized spacial score (nSPS) is 10.5. The molecule has 0 saturated carbocycles. The van der Waals surface area contributed by atoms with E-state index < -0.39 is 4.92 Å². The van der Waals surface area contributed by atoms with Gasteiger partial charge < -0.3 is 5.32 Å². The molecule has 0 aliphatic rings. The second-order valence-electron chi connectivity index (χ2n) is 5.44. The summed E-state index contributed by atoms with van der Waals surface area (Å²) in [6.45, 7) is 3.95.